The number of rotatable bonds is 8. The first-order valence-corrected chi connectivity index (χ1v) is 7.12. The molecule has 1 aromatic rings. The molecule has 112 valence electrons. The standard InChI is InChI=1S/C16H26N2O2/c1-5-15(3,4)20-12-16(14(17)19,18-6-2)13-10-8-7-9-11-13/h7-11,18H,5-6,12H2,1-4H3,(H2,17,19). The third-order valence-electron chi connectivity index (χ3n) is 3.70. The van der Waals surface area contributed by atoms with E-state index in [0.29, 0.717) is 6.54 Å². The summed E-state index contributed by atoms with van der Waals surface area (Å²) in [5.41, 5.74) is 5.24. The SMILES string of the molecule is CCNC(COC(C)(C)CC)(C(N)=O)c1ccccc1. The predicted octanol–water partition coefficient (Wildman–Crippen LogP) is 2.18. The lowest BCUT2D eigenvalue weighted by Gasteiger charge is -2.35. The largest absolute Gasteiger partial charge is 0.373 e. The third-order valence-corrected chi connectivity index (χ3v) is 3.70. The summed E-state index contributed by atoms with van der Waals surface area (Å²) in [5.74, 6) is -0.419. The van der Waals surface area contributed by atoms with Crippen LogP contribution in [0.15, 0.2) is 30.3 Å². The molecule has 4 nitrogen and oxygen atoms in total. The number of ether oxygens (including phenoxy) is 1. The van der Waals surface area contributed by atoms with E-state index >= 15 is 0 Å². The molecule has 0 aliphatic heterocycles. The molecule has 20 heavy (non-hydrogen) atoms. The van der Waals surface area contributed by atoms with Crippen LogP contribution in [0.1, 0.15) is 39.7 Å². The first kappa shape index (κ1) is 16.7. The monoisotopic (exact) mass is 278 g/mol. The number of hydrogen-bond acceptors (Lipinski definition) is 3. The Kier molecular flexibility index (Phi) is 5.72. The normalized spacial score (nSPS) is 14.8. The van der Waals surface area contributed by atoms with Crippen LogP contribution in [0, 0.1) is 0 Å². The molecule has 0 aliphatic carbocycles. The molecule has 0 heterocycles. The Labute approximate surface area is 121 Å². The molecule has 1 unspecified atom stereocenters. The molecule has 1 amide bonds. The van der Waals surface area contributed by atoms with E-state index in [-0.39, 0.29) is 12.2 Å². The molecule has 4 heteroatoms. The summed E-state index contributed by atoms with van der Waals surface area (Å²) in [6, 6.07) is 9.51. The fourth-order valence-electron chi connectivity index (χ4n) is 1.97. The highest BCUT2D eigenvalue weighted by Gasteiger charge is 2.39. The van der Waals surface area contributed by atoms with Crippen LogP contribution < -0.4 is 11.1 Å². The fourth-order valence-corrected chi connectivity index (χ4v) is 1.97. The van der Waals surface area contributed by atoms with Crippen molar-refractivity contribution >= 4 is 5.91 Å². The van der Waals surface area contributed by atoms with Gasteiger partial charge in [-0.3, -0.25) is 10.1 Å². The summed E-state index contributed by atoms with van der Waals surface area (Å²) < 4.78 is 5.95. The van der Waals surface area contributed by atoms with Gasteiger partial charge in [0.15, 0.2) is 0 Å². The molecule has 1 rings (SSSR count). The van der Waals surface area contributed by atoms with Crippen LogP contribution in [0.2, 0.25) is 0 Å². The molecule has 0 spiro atoms. The molecule has 0 bridgehead atoms. The van der Waals surface area contributed by atoms with Gasteiger partial charge in [0.25, 0.3) is 0 Å². The molecule has 0 fully saturated rings. The van der Waals surface area contributed by atoms with Crippen LogP contribution in [-0.2, 0) is 15.1 Å². The highest BCUT2D eigenvalue weighted by molar-refractivity contribution is 5.86. The van der Waals surface area contributed by atoms with E-state index in [9.17, 15) is 4.79 Å². The second-order valence-corrected chi connectivity index (χ2v) is 5.57. The van der Waals surface area contributed by atoms with Crippen molar-refractivity contribution in [3.63, 3.8) is 0 Å². The predicted molar refractivity (Wildman–Crippen MR) is 81.3 cm³/mol. The van der Waals surface area contributed by atoms with E-state index in [1.54, 1.807) is 0 Å². The Bertz CT molecular complexity index is 431. The maximum Gasteiger partial charge on any atom is 0.244 e. The summed E-state index contributed by atoms with van der Waals surface area (Å²) in [7, 11) is 0. The van der Waals surface area contributed by atoms with Crippen molar-refractivity contribution in [1.29, 1.82) is 0 Å². The zero-order valence-electron chi connectivity index (χ0n) is 12.9. The van der Waals surface area contributed by atoms with Crippen LogP contribution in [0.25, 0.3) is 0 Å². The van der Waals surface area contributed by atoms with Gasteiger partial charge in [-0.2, -0.15) is 0 Å². The van der Waals surface area contributed by atoms with E-state index < -0.39 is 11.4 Å². The van der Waals surface area contributed by atoms with Gasteiger partial charge in [-0.15, -0.1) is 0 Å². The zero-order valence-corrected chi connectivity index (χ0v) is 12.9. The van der Waals surface area contributed by atoms with Crippen molar-refractivity contribution in [3.8, 4) is 0 Å². The van der Waals surface area contributed by atoms with Gasteiger partial charge in [0, 0.05) is 0 Å². The molecule has 0 radical (unpaired) electrons. The smallest absolute Gasteiger partial charge is 0.244 e. The van der Waals surface area contributed by atoms with Gasteiger partial charge < -0.3 is 10.5 Å². The summed E-state index contributed by atoms with van der Waals surface area (Å²) in [5, 5.41) is 3.21. The van der Waals surface area contributed by atoms with Crippen molar-refractivity contribution in [2.75, 3.05) is 13.2 Å². The highest BCUT2D eigenvalue weighted by Crippen LogP contribution is 2.25. The minimum Gasteiger partial charge on any atom is -0.373 e. The fraction of sp³-hybridized carbons (Fsp3) is 0.562. The number of amides is 1. The third kappa shape index (κ3) is 3.81. The zero-order chi connectivity index (χ0) is 15.2. The lowest BCUT2D eigenvalue weighted by Crippen LogP contribution is -2.56. The van der Waals surface area contributed by atoms with E-state index in [4.69, 9.17) is 10.5 Å². The number of hydrogen-bond donors (Lipinski definition) is 2. The molecular formula is C16H26N2O2. The summed E-state index contributed by atoms with van der Waals surface area (Å²) in [6.45, 7) is 8.88. The van der Waals surface area contributed by atoms with Crippen LogP contribution >= 0.6 is 0 Å². The van der Waals surface area contributed by atoms with E-state index in [1.807, 2.05) is 51.1 Å². The number of primary amides is 1. The first-order chi connectivity index (χ1) is 9.38. The average molecular weight is 278 g/mol. The molecule has 0 saturated carbocycles. The first-order valence-electron chi connectivity index (χ1n) is 7.12. The van der Waals surface area contributed by atoms with Crippen LogP contribution in [0.4, 0.5) is 0 Å². The van der Waals surface area contributed by atoms with Crippen molar-refractivity contribution in [2.45, 2.75) is 45.3 Å². The number of carbonyl (C=O) groups is 1. The van der Waals surface area contributed by atoms with Crippen LogP contribution in [-0.4, -0.2) is 24.7 Å². The Morgan fingerprint density at radius 1 is 1.25 bits per heavy atom. The minimum absolute atomic E-state index is 0.223. The van der Waals surface area contributed by atoms with Crippen molar-refractivity contribution < 1.29 is 9.53 Å². The van der Waals surface area contributed by atoms with Crippen molar-refractivity contribution in [1.82, 2.24) is 5.32 Å². The highest BCUT2D eigenvalue weighted by atomic mass is 16.5. The number of carbonyl (C=O) groups excluding carboxylic acids is 1. The Morgan fingerprint density at radius 2 is 1.85 bits per heavy atom. The summed E-state index contributed by atoms with van der Waals surface area (Å²) in [4.78, 5) is 12.1. The summed E-state index contributed by atoms with van der Waals surface area (Å²) in [6.07, 6.45) is 0.864. The molecule has 3 N–H and O–H groups in total. The van der Waals surface area contributed by atoms with Gasteiger partial charge in [0.1, 0.15) is 5.54 Å². The number of nitrogens with one attached hydrogen (secondary N) is 1. The minimum atomic E-state index is -0.984. The van der Waals surface area contributed by atoms with Gasteiger partial charge in [-0.1, -0.05) is 44.2 Å². The molecule has 0 aromatic heterocycles. The van der Waals surface area contributed by atoms with Gasteiger partial charge >= 0.3 is 0 Å². The second kappa shape index (κ2) is 6.86. The van der Waals surface area contributed by atoms with Crippen LogP contribution in [0.5, 0.6) is 0 Å². The Hall–Kier alpha value is -1.39. The average Bonchev–Trinajstić information content (AvgIpc) is 2.44. The van der Waals surface area contributed by atoms with Gasteiger partial charge in [0.2, 0.25) is 5.91 Å². The molecule has 0 aliphatic rings. The lowest BCUT2D eigenvalue weighted by atomic mass is 9.89. The molecule has 0 saturated heterocycles. The number of nitrogens with two attached hydrogens (primary N) is 1. The second-order valence-electron chi connectivity index (χ2n) is 5.57. The number of benzene rings is 1. The van der Waals surface area contributed by atoms with Gasteiger partial charge in [0.05, 0.1) is 12.2 Å². The van der Waals surface area contributed by atoms with E-state index in [0.717, 1.165) is 12.0 Å². The Balaban J connectivity index is 3.10. The van der Waals surface area contributed by atoms with E-state index in [1.165, 1.54) is 0 Å². The summed E-state index contributed by atoms with van der Waals surface area (Å²) >= 11 is 0. The lowest BCUT2D eigenvalue weighted by molar-refractivity contribution is -0.131. The van der Waals surface area contributed by atoms with E-state index in [2.05, 4.69) is 12.2 Å². The molecule has 1 aromatic carbocycles. The Morgan fingerprint density at radius 3 is 2.30 bits per heavy atom. The molecule has 1 atom stereocenters. The van der Waals surface area contributed by atoms with Gasteiger partial charge in [-0.25, -0.2) is 0 Å². The molecular weight excluding hydrogens is 252 g/mol. The van der Waals surface area contributed by atoms with Crippen molar-refractivity contribution in [3.05, 3.63) is 35.9 Å². The maximum absolute atomic E-state index is 12.1. The topological polar surface area (TPSA) is 64.3 Å². The van der Waals surface area contributed by atoms with Crippen LogP contribution in [0.3, 0.4) is 0 Å². The van der Waals surface area contributed by atoms with Crippen molar-refractivity contribution in [2.24, 2.45) is 5.73 Å². The van der Waals surface area contributed by atoms with Gasteiger partial charge in [-0.05, 0) is 32.4 Å². The quantitative estimate of drug-likeness (QED) is 0.766. The number of likely N-dealkylation sites (N-methyl/N-ethyl adjacent to an activating group) is 1. The maximum atomic E-state index is 12.1.